The van der Waals surface area contributed by atoms with E-state index in [4.69, 9.17) is 0 Å². The zero-order valence-electron chi connectivity index (χ0n) is 34.0. The number of benzene rings is 11. The molecule has 0 saturated heterocycles. The molecule has 0 unspecified atom stereocenters. The van der Waals surface area contributed by atoms with Gasteiger partial charge >= 0.3 is 0 Å². The number of nitrogens with zero attached hydrogens (tertiary/aromatic N) is 2. The highest BCUT2D eigenvalue weighted by Crippen LogP contribution is 2.41. The molecule has 0 fully saturated rings. The number of hydrogen-bond acceptors (Lipinski definition) is 1. The zero-order chi connectivity index (χ0) is 41.0. The fourth-order valence-electron chi connectivity index (χ4n) is 9.55. The van der Waals surface area contributed by atoms with Crippen LogP contribution in [0, 0.1) is 0 Å². The Morgan fingerprint density at radius 2 is 0.790 bits per heavy atom. The normalized spacial score (nSPS) is 11.5. The highest BCUT2D eigenvalue weighted by atomic mass is 15.1. The van der Waals surface area contributed by atoms with Crippen LogP contribution in [-0.4, -0.2) is 4.57 Å². The lowest BCUT2D eigenvalue weighted by Gasteiger charge is -2.27. The van der Waals surface area contributed by atoms with E-state index in [-0.39, 0.29) is 0 Å². The molecule has 1 aromatic heterocycles. The molecule has 0 aliphatic heterocycles. The molecule has 1 heterocycles. The second kappa shape index (κ2) is 14.8. The van der Waals surface area contributed by atoms with Crippen molar-refractivity contribution >= 4 is 71.2 Å². The van der Waals surface area contributed by atoms with E-state index in [1.165, 1.54) is 87.5 Å². The van der Waals surface area contributed by atoms with Crippen molar-refractivity contribution in [2.75, 3.05) is 4.90 Å². The molecule has 2 nitrogen and oxygen atoms in total. The lowest BCUT2D eigenvalue weighted by Crippen LogP contribution is -2.10. The molecule has 11 aromatic carbocycles. The Labute approximate surface area is 360 Å². The van der Waals surface area contributed by atoms with Gasteiger partial charge in [0.2, 0.25) is 0 Å². The molecular formula is C60H40N2. The monoisotopic (exact) mass is 788 g/mol. The van der Waals surface area contributed by atoms with Crippen LogP contribution in [0.4, 0.5) is 17.1 Å². The van der Waals surface area contributed by atoms with E-state index in [0.717, 1.165) is 22.7 Å². The lowest BCUT2D eigenvalue weighted by atomic mass is 9.94. The van der Waals surface area contributed by atoms with Gasteiger partial charge in [-0.15, -0.1) is 0 Å². The van der Waals surface area contributed by atoms with Crippen LogP contribution in [0.25, 0.3) is 93.2 Å². The Bertz CT molecular complexity index is 3580. The van der Waals surface area contributed by atoms with Crippen molar-refractivity contribution in [3.05, 3.63) is 243 Å². The third-order valence-corrected chi connectivity index (χ3v) is 12.6. The quantitative estimate of drug-likeness (QED) is 0.146. The molecule has 12 rings (SSSR count). The van der Waals surface area contributed by atoms with Gasteiger partial charge in [0.15, 0.2) is 0 Å². The van der Waals surface area contributed by atoms with Gasteiger partial charge < -0.3 is 9.47 Å². The van der Waals surface area contributed by atoms with Gasteiger partial charge in [-0.2, -0.15) is 0 Å². The van der Waals surface area contributed by atoms with E-state index >= 15 is 0 Å². The van der Waals surface area contributed by atoms with Crippen molar-refractivity contribution in [2.24, 2.45) is 0 Å². The zero-order valence-corrected chi connectivity index (χ0v) is 34.0. The summed E-state index contributed by atoms with van der Waals surface area (Å²) in [5.41, 5.74) is 14.0. The van der Waals surface area contributed by atoms with Gasteiger partial charge in [-0.3, -0.25) is 0 Å². The van der Waals surface area contributed by atoms with E-state index in [1.54, 1.807) is 0 Å². The molecule has 0 N–H and O–H groups in total. The second-order valence-corrected chi connectivity index (χ2v) is 16.1. The summed E-state index contributed by atoms with van der Waals surface area (Å²) in [7, 11) is 0. The van der Waals surface area contributed by atoms with Gasteiger partial charge in [-0.1, -0.05) is 176 Å². The topological polar surface area (TPSA) is 8.17 Å². The van der Waals surface area contributed by atoms with Crippen LogP contribution in [0.15, 0.2) is 243 Å². The van der Waals surface area contributed by atoms with Crippen molar-refractivity contribution in [3.63, 3.8) is 0 Å². The molecule has 0 spiro atoms. The van der Waals surface area contributed by atoms with Gasteiger partial charge in [0.25, 0.3) is 0 Å². The number of fused-ring (bicyclic) bond motifs is 7. The van der Waals surface area contributed by atoms with Crippen LogP contribution >= 0.6 is 0 Å². The highest BCUT2D eigenvalue weighted by molar-refractivity contribution is 6.12. The Balaban J connectivity index is 0.961. The van der Waals surface area contributed by atoms with E-state index < -0.39 is 0 Å². The summed E-state index contributed by atoms with van der Waals surface area (Å²) in [5.74, 6) is 0. The Morgan fingerprint density at radius 3 is 1.53 bits per heavy atom. The van der Waals surface area contributed by atoms with Crippen LogP contribution < -0.4 is 4.90 Å². The summed E-state index contributed by atoms with van der Waals surface area (Å²) in [6, 6.07) is 88.5. The van der Waals surface area contributed by atoms with Crippen LogP contribution in [0.3, 0.4) is 0 Å². The molecule has 0 bridgehead atoms. The first kappa shape index (κ1) is 35.7. The van der Waals surface area contributed by atoms with E-state index in [0.29, 0.717) is 0 Å². The first-order valence-corrected chi connectivity index (χ1v) is 21.3. The molecule has 2 heteroatoms. The Hall–Kier alpha value is -8.20. The summed E-state index contributed by atoms with van der Waals surface area (Å²) in [4.78, 5) is 2.38. The Morgan fingerprint density at radius 1 is 0.258 bits per heavy atom. The highest BCUT2D eigenvalue weighted by Gasteiger charge is 2.17. The third-order valence-electron chi connectivity index (χ3n) is 12.6. The maximum absolute atomic E-state index is 2.39. The maximum atomic E-state index is 2.39. The molecule has 0 amide bonds. The third kappa shape index (κ3) is 6.12. The average Bonchev–Trinajstić information content (AvgIpc) is 3.69. The molecule has 290 valence electrons. The standard InChI is InChI=1S/C60H40N2/c1-2-14-45-39-48(27-26-41(45)12-1)47-16-9-15-46(38-47)42-28-33-49(34-29-42)61(51-17-10-18-52(40-51)62-59-24-7-5-20-57(59)58-21-6-8-25-60(58)62)50-35-30-44(31-36-50)54-22-11-23-55-53-19-4-3-13-43(53)32-37-56(54)55/h1-40H. The van der Waals surface area contributed by atoms with Crippen molar-refractivity contribution < 1.29 is 0 Å². The predicted octanol–water partition coefficient (Wildman–Crippen LogP) is 16.7. The molecule has 0 aliphatic rings. The minimum absolute atomic E-state index is 1.08. The smallest absolute Gasteiger partial charge is 0.0541 e. The summed E-state index contributed by atoms with van der Waals surface area (Å²) in [5, 5.41) is 10.1. The Kier molecular flexibility index (Phi) is 8.53. The van der Waals surface area contributed by atoms with Crippen LogP contribution in [0.1, 0.15) is 0 Å². The molecule has 62 heavy (non-hydrogen) atoms. The largest absolute Gasteiger partial charge is 0.310 e. The van der Waals surface area contributed by atoms with Crippen LogP contribution in [0.2, 0.25) is 0 Å². The summed E-state index contributed by atoms with van der Waals surface area (Å²) < 4.78 is 2.39. The number of hydrogen-bond donors (Lipinski definition) is 0. The van der Waals surface area contributed by atoms with Crippen molar-refractivity contribution in [3.8, 4) is 39.1 Å². The number of anilines is 3. The molecule has 0 atom stereocenters. The fourth-order valence-corrected chi connectivity index (χ4v) is 9.55. The SMILES string of the molecule is c1cc(-c2ccc(N(c3ccc(-c4cccc5c4ccc4ccccc45)cc3)c3cccc(-n4c5ccccc5c5ccccc54)c3)cc2)cc(-c2ccc3ccccc3c2)c1. The van der Waals surface area contributed by atoms with Crippen molar-refractivity contribution in [1.82, 2.24) is 4.57 Å². The number of rotatable bonds is 7. The van der Waals surface area contributed by atoms with Crippen LogP contribution in [0.5, 0.6) is 0 Å². The van der Waals surface area contributed by atoms with Crippen LogP contribution in [-0.2, 0) is 0 Å². The van der Waals surface area contributed by atoms with Gasteiger partial charge in [0, 0.05) is 33.5 Å². The maximum Gasteiger partial charge on any atom is 0.0541 e. The second-order valence-electron chi connectivity index (χ2n) is 16.1. The molecule has 0 radical (unpaired) electrons. The average molecular weight is 789 g/mol. The predicted molar refractivity (Wildman–Crippen MR) is 264 cm³/mol. The summed E-state index contributed by atoms with van der Waals surface area (Å²) in [6.07, 6.45) is 0. The first-order valence-electron chi connectivity index (χ1n) is 21.3. The summed E-state index contributed by atoms with van der Waals surface area (Å²) in [6.45, 7) is 0. The number of aromatic nitrogens is 1. The molecule has 0 aliphatic carbocycles. The minimum atomic E-state index is 1.08. The molecular weight excluding hydrogens is 749 g/mol. The molecule has 12 aromatic rings. The fraction of sp³-hybridized carbons (Fsp3) is 0. The molecule has 0 saturated carbocycles. The summed E-state index contributed by atoms with van der Waals surface area (Å²) >= 11 is 0. The first-order chi connectivity index (χ1) is 30.7. The van der Waals surface area contributed by atoms with E-state index in [9.17, 15) is 0 Å². The van der Waals surface area contributed by atoms with E-state index in [1.807, 2.05) is 0 Å². The minimum Gasteiger partial charge on any atom is -0.310 e. The van der Waals surface area contributed by atoms with Gasteiger partial charge in [-0.25, -0.2) is 0 Å². The lowest BCUT2D eigenvalue weighted by molar-refractivity contribution is 1.17. The van der Waals surface area contributed by atoms with Gasteiger partial charge in [0.05, 0.1) is 11.0 Å². The van der Waals surface area contributed by atoms with Crippen molar-refractivity contribution in [1.29, 1.82) is 0 Å². The van der Waals surface area contributed by atoms with Gasteiger partial charge in [-0.05, 0) is 132 Å². The van der Waals surface area contributed by atoms with E-state index in [2.05, 4.69) is 252 Å². The van der Waals surface area contributed by atoms with Crippen molar-refractivity contribution in [2.45, 2.75) is 0 Å². The number of para-hydroxylation sites is 2. The van der Waals surface area contributed by atoms with Gasteiger partial charge in [0.1, 0.15) is 0 Å².